The minimum Gasteiger partial charge on any atom is -0.397 e. The molecule has 3 N–H and O–H groups in total. The summed E-state index contributed by atoms with van der Waals surface area (Å²) < 4.78 is 24.7. The number of sulfonamides is 1. The molecule has 2 rings (SSSR count). The van der Waals surface area contributed by atoms with Crippen LogP contribution < -0.4 is 10.5 Å². The average Bonchev–Trinajstić information content (AvgIpc) is 2.81. The summed E-state index contributed by atoms with van der Waals surface area (Å²) in [4.78, 5) is 14.7. The van der Waals surface area contributed by atoms with E-state index in [1.165, 1.54) is 11.3 Å². The van der Waals surface area contributed by atoms with Gasteiger partial charge < -0.3 is 10.6 Å². The number of nitrogens with one attached hydrogen (secondary N) is 1. The quantitative estimate of drug-likeness (QED) is 0.856. The number of nitrogens with zero attached hydrogens (tertiary/aromatic N) is 1. The van der Waals surface area contributed by atoms with Crippen molar-refractivity contribution in [2.75, 3.05) is 31.6 Å². The summed E-state index contributed by atoms with van der Waals surface area (Å²) >= 11 is 1.34. The highest BCUT2D eigenvalue weighted by Crippen LogP contribution is 2.24. The normalized spacial score (nSPS) is 20.1. The van der Waals surface area contributed by atoms with Crippen molar-refractivity contribution in [3.63, 3.8) is 0 Å². The molecule has 8 heteroatoms. The Morgan fingerprint density at radius 1 is 1.60 bits per heavy atom. The predicted molar refractivity (Wildman–Crippen MR) is 80.2 cm³/mol. The SMILES string of the molecule is CS(=O)(=O)NCC1CCCN(C(=O)c2sccc2N)C1. The number of rotatable bonds is 4. The second-order valence-corrected chi connectivity index (χ2v) is 7.83. The third-order valence-corrected chi connectivity index (χ3v) is 4.94. The summed E-state index contributed by atoms with van der Waals surface area (Å²) in [7, 11) is -3.18. The van der Waals surface area contributed by atoms with E-state index >= 15 is 0 Å². The fraction of sp³-hybridized carbons (Fsp3) is 0.583. The van der Waals surface area contributed by atoms with Crippen molar-refractivity contribution in [2.24, 2.45) is 5.92 Å². The number of piperidine rings is 1. The predicted octanol–water partition coefficient (Wildman–Crippen LogP) is 0.732. The van der Waals surface area contributed by atoms with Gasteiger partial charge in [-0.25, -0.2) is 13.1 Å². The van der Waals surface area contributed by atoms with E-state index < -0.39 is 10.0 Å². The topological polar surface area (TPSA) is 92.5 Å². The van der Waals surface area contributed by atoms with Gasteiger partial charge in [0, 0.05) is 19.6 Å². The molecule has 1 aliphatic heterocycles. The molecule has 1 atom stereocenters. The van der Waals surface area contributed by atoms with E-state index in [0.717, 1.165) is 19.1 Å². The van der Waals surface area contributed by atoms with Gasteiger partial charge in [0.15, 0.2) is 0 Å². The highest BCUT2D eigenvalue weighted by atomic mass is 32.2. The molecule has 20 heavy (non-hydrogen) atoms. The van der Waals surface area contributed by atoms with E-state index in [1.54, 1.807) is 16.3 Å². The summed E-state index contributed by atoms with van der Waals surface area (Å²) in [5.41, 5.74) is 6.28. The van der Waals surface area contributed by atoms with Gasteiger partial charge in [-0.15, -0.1) is 11.3 Å². The van der Waals surface area contributed by atoms with Crippen LogP contribution >= 0.6 is 11.3 Å². The molecule has 0 saturated carbocycles. The molecule has 0 aromatic carbocycles. The minimum absolute atomic E-state index is 0.0541. The lowest BCUT2D eigenvalue weighted by Crippen LogP contribution is -2.43. The number of carbonyl (C=O) groups excluding carboxylic acids is 1. The fourth-order valence-electron chi connectivity index (χ4n) is 2.32. The first-order valence-electron chi connectivity index (χ1n) is 6.43. The van der Waals surface area contributed by atoms with Crippen molar-refractivity contribution in [3.05, 3.63) is 16.3 Å². The van der Waals surface area contributed by atoms with Crippen LogP contribution in [0.2, 0.25) is 0 Å². The molecule has 0 spiro atoms. The number of hydrogen-bond acceptors (Lipinski definition) is 5. The van der Waals surface area contributed by atoms with Crippen LogP contribution in [0.1, 0.15) is 22.5 Å². The van der Waals surface area contributed by atoms with E-state index in [2.05, 4.69) is 4.72 Å². The van der Waals surface area contributed by atoms with Crippen LogP contribution in [0, 0.1) is 5.92 Å². The highest BCUT2D eigenvalue weighted by Gasteiger charge is 2.26. The number of carbonyl (C=O) groups is 1. The summed E-state index contributed by atoms with van der Waals surface area (Å²) in [5, 5.41) is 1.80. The van der Waals surface area contributed by atoms with E-state index in [-0.39, 0.29) is 11.8 Å². The molecule has 0 bridgehead atoms. The summed E-state index contributed by atoms with van der Waals surface area (Å²) in [5.74, 6) is 0.102. The van der Waals surface area contributed by atoms with Crippen LogP contribution in [0.5, 0.6) is 0 Å². The number of nitrogen functional groups attached to an aromatic ring is 1. The van der Waals surface area contributed by atoms with Crippen molar-refractivity contribution >= 4 is 33.0 Å². The molecule has 1 aromatic heterocycles. The van der Waals surface area contributed by atoms with E-state index in [0.29, 0.717) is 30.2 Å². The Bertz CT molecular complexity index is 583. The van der Waals surface area contributed by atoms with Gasteiger partial charge in [0.25, 0.3) is 5.91 Å². The molecule has 0 aliphatic carbocycles. The second kappa shape index (κ2) is 6.11. The third kappa shape index (κ3) is 3.94. The van der Waals surface area contributed by atoms with E-state index in [9.17, 15) is 13.2 Å². The molecule has 1 saturated heterocycles. The average molecular weight is 317 g/mol. The number of nitrogens with two attached hydrogens (primary N) is 1. The molecular weight excluding hydrogens is 298 g/mol. The molecule has 1 aromatic rings. The van der Waals surface area contributed by atoms with Gasteiger partial charge in [-0.05, 0) is 30.2 Å². The number of hydrogen-bond donors (Lipinski definition) is 2. The summed E-state index contributed by atoms with van der Waals surface area (Å²) in [6.07, 6.45) is 2.95. The summed E-state index contributed by atoms with van der Waals surface area (Å²) in [6, 6.07) is 1.73. The van der Waals surface area contributed by atoms with Gasteiger partial charge in [-0.1, -0.05) is 0 Å². The van der Waals surface area contributed by atoms with Crippen molar-refractivity contribution < 1.29 is 13.2 Å². The monoisotopic (exact) mass is 317 g/mol. The third-order valence-electron chi connectivity index (χ3n) is 3.33. The molecule has 112 valence electrons. The lowest BCUT2D eigenvalue weighted by atomic mass is 9.98. The first-order valence-corrected chi connectivity index (χ1v) is 9.21. The van der Waals surface area contributed by atoms with E-state index in [4.69, 9.17) is 5.73 Å². The van der Waals surface area contributed by atoms with Crippen molar-refractivity contribution in [3.8, 4) is 0 Å². The maximum absolute atomic E-state index is 12.3. The standard InChI is InChI=1S/C12H19N3O3S2/c1-20(17,18)14-7-9-3-2-5-15(8-9)12(16)11-10(13)4-6-19-11/h4,6,9,14H,2-3,5,7-8,13H2,1H3. The zero-order valence-corrected chi connectivity index (χ0v) is 13.0. The molecule has 1 unspecified atom stereocenters. The Morgan fingerprint density at radius 3 is 2.95 bits per heavy atom. The van der Waals surface area contributed by atoms with Crippen LogP contribution in [0.3, 0.4) is 0 Å². The van der Waals surface area contributed by atoms with Crippen LogP contribution in [0.25, 0.3) is 0 Å². The van der Waals surface area contributed by atoms with Crippen molar-refractivity contribution in [1.29, 1.82) is 0 Å². The zero-order chi connectivity index (χ0) is 14.8. The Hall–Kier alpha value is -1.12. The number of thiophene rings is 1. The molecule has 1 aliphatic rings. The first kappa shape index (κ1) is 15.3. The van der Waals surface area contributed by atoms with Crippen LogP contribution in [-0.4, -0.2) is 45.1 Å². The van der Waals surface area contributed by atoms with Gasteiger partial charge in [0.05, 0.1) is 11.9 Å². The maximum Gasteiger partial charge on any atom is 0.266 e. The highest BCUT2D eigenvalue weighted by molar-refractivity contribution is 7.88. The van der Waals surface area contributed by atoms with Gasteiger partial charge in [0.1, 0.15) is 4.88 Å². The van der Waals surface area contributed by atoms with Gasteiger partial charge in [-0.2, -0.15) is 0 Å². The van der Waals surface area contributed by atoms with Crippen LogP contribution in [0.4, 0.5) is 5.69 Å². The maximum atomic E-state index is 12.3. The Labute approximate surface area is 123 Å². The largest absolute Gasteiger partial charge is 0.397 e. The molecule has 1 fully saturated rings. The first-order chi connectivity index (χ1) is 9.37. The molecule has 0 radical (unpaired) electrons. The molecule has 1 amide bonds. The molecule has 6 nitrogen and oxygen atoms in total. The Balaban J connectivity index is 1.97. The lowest BCUT2D eigenvalue weighted by molar-refractivity contribution is 0.0682. The summed E-state index contributed by atoms with van der Waals surface area (Å²) in [6.45, 7) is 1.65. The van der Waals surface area contributed by atoms with Crippen molar-refractivity contribution in [2.45, 2.75) is 12.8 Å². The van der Waals surface area contributed by atoms with Gasteiger partial charge >= 0.3 is 0 Å². The van der Waals surface area contributed by atoms with Gasteiger partial charge in [-0.3, -0.25) is 4.79 Å². The number of likely N-dealkylation sites (tertiary alicyclic amines) is 1. The van der Waals surface area contributed by atoms with Crippen molar-refractivity contribution in [1.82, 2.24) is 9.62 Å². The number of amides is 1. The minimum atomic E-state index is -3.18. The number of anilines is 1. The van der Waals surface area contributed by atoms with Gasteiger partial charge in [0.2, 0.25) is 10.0 Å². The fourth-order valence-corrected chi connectivity index (χ4v) is 3.65. The smallest absolute Gasteiger partial charge is 0.266 e. The molecule has 2 heterocycles. The second-order valence-electron chi connectivity index (χ2n) is 5.09. The van der Waals surface area contributed by atoms with Crippen LogP contribution in [-0.2, 0) is 10.0 Å². The zero-order valence-electron chi connectivity index (χ0n) is 11.3. The molecular formula is C12H19N3O3S2. The van der Waals surface area contributed by atoms with E-state index in [1.807, 2.05) is 0 Å². The Kier molecular flexibility index (Phi) is 4.66. The Morgan fingerprint density at radius 2 is 2.35 bits per heavy atom. The lowest BCUT2D eigenvalue weighted by Gasteiger charge is -2.32. The van der Waals surface area contributed by atoms with Crippen LogP contribution in [0.15, 0.2) is 11.4 Å².